The molecule has 0 amide bonds. The summed E-state index contributed by atoms with van der Waals surface area (Å²) in [6.45, 7) is 11.4. The molecule has 0 saturated carbocycles. The van der Waals surface area contributed by atoms with Crippen molar-refractivity contribution in [3.8, 4) is 5.75 Å². The third kappa shape index (κ3) is 5.51. The number of methoxy groups -OCH3 is 1. The van der Waals surface area contributed by atoms with Crippen LogP contribution in [0.3, 0.4) is 0 Å². The van der Waals surface area contributed by atoms with Crippen LogP contribution in [0.2, 0.25) is 0 Å². The van der Waals surface area contributed by atoms with Crippen molar-refractivity contribution in [1.82, 2.24) is 5.32 Å². The minimum Gasteiger partial charge on any atom is -0.491 e. The molecule has 0 radical (unpaired) electrons. The lowest BCUT2D eigenvalue weighted by Gasteiger charge is -2.26. The van der Waals surface area contributed by atoms with Gasteiger partial charge in [0, 0.05) is 19.2 Å². The lowest BCUT2D eigenvalue weighted by Crippen LogP contribution is -2.39. The second kappa shape index (κ2) is 8.28. The Morgan fingerprint density at radius 2 is 1.60 bits per heavy atom. The summed E-state index contributed by atoms with van der Waals surface area (Å²) in [5, 5.41) is 3.63. The zero-order valence-corrected chi connectivity index (χ0v) is 13.6. The van der Waals surface area contributed by atoms with E-state index in [2.05, 4.69) is 38.2 Å². The first-order valence-corrected chi connectivity index (χ1v) is 7.45. The molecule has 0 fully saturated rings. The van der Waals surface area contributed by atoms with Crippen molar-refractivity contribution in [3.05, 3.63) is 29.8 Å². The molecule has 1 aromatic carbocycles. The van der Waals surface area contributed by atoms with Crippen LogP contribution >= 0.6 is 0 Å². The fraction of sp³-hybridized carbons (Fsp3) is 0.647. The molecule has 0 heterocycles. The fourth-order valence-electron chi connectivity index (χ4n) is 2.14. The summed E-state index contributed by atoms with van der Waals surface area (Å²) in [6.07, 6.45) is 0.212. The van der Waals surface area contributed by atoms with E-state index in [0.29, 0.717) is 18.0 Å². The molecule has 0 spiro atoms. The Bertz CT molecular complexity index is 373. The quantitative estimate of drug-likeness (QED) is 0.785. The normalized spacial score (nSPS) is 14.6. The van der Waals surface area contributed by atoms with Crippen LogP contribution in [0.25, 0.3) is 0 Å². The van der Waals surface area contributed by atoms with Gasteiger partial charge in [0.1, 0.15) is 5.75 Å². The molecule has 3 heteroatoms. The van der Waals surface area contributed by atoms with Gasteiger partial charge >= 0.3 is 0 Å². The molecule has 1 N–H and O–H groups in total. The van der Waals surface area contributed by atoms with Gasteiger partial charge in [0.25, 0.3) is 0 Å². The maximum absolute atomic E-state index is 5.67. The second-order valence-corrected chi connectivity index (χ2v) is 5.93. The minimum atomic E-state index is 0.212. The highest BCUT2D eigenvalue weighted by Gasteiger charge is 2.16. The van der Waals surface area contributed by atoms with Gasteiger partial charge in [-0.1, -0.05) is 26.0 Å². The molecule has 0 saturated heterocycles. The van der Waals surface area contributed by atoms with E-state index in [1.165, 1.54) is 5.56 Å². The van der Waals surface area contributed by atoms with Gasteiger partial charge in [-0.15, -0.1) is 0 Å². The lowest BCUT2D eigenvalue weighted by atomic mass is 10.0. The molecule has 0 aliphatic heterocycles. The standard InChI is InChI=1S/C17H29NO2/c1-12(2)17(11-19-6)18-14(5)15-7-9-16(10-8-15)20-13(3)4/h7-10,12-14,17-18H,11H2,1-6H3. The van der Waals surface area contributed by atoms with Gasteiger partial charge in [-0.2, -0.15) is 0 Å². The Balaban J connectivity index is 2.64. The van der Waals surface area contributed by atoms with Crippen LogP contribution in [0.5, 0.6) is 5.75 Å². The van der Waals surface area contributed by atoms with Gasteiger partial charge in [0.2, 0.25) is 0 Å². The molecule has 2 atom stereocenters. The number of ether oxygens (including phenoxy) is 2. The van der Waals surface area contributed by atoms with Crippen LogP contribution in [0.15, 0.2) is 24.3 Å². The molecule has 20 heavy (non-hydrogen) atoms. The summed E-state index contributed by atoms with van der Waals surface area (Å²) in [4.78, 5) is 0. The van der Waals surface area contributed by atoms with Crippen molar-refractivity contribution in [2.24, 2.45) is 5.92 Å². The van der Waals surface area contributed by atoms with Crippen LogP contribution in [-0.4, -0.2) is 25.9 Å². The van der Waals surface area contributed by atoms with E-state index in [1.807, 2.05) is 26.0 Å². The Morgan fingerprint density at radius 1 is 1.00 bits per heavy atom. The smallest absolute Gasteiger partial charge is 0.119 e. The predicted octanol–water partition coefficient (Wildman–Crippen LogP) is 3.80. The molecular weight excluding hydrogens is 250 g/mol. The number of nitrogens with one attached hydrogen (secondary N) is 1. The molecule has 2 unspecified atom stereocenters. The SMILES string of the molecule is COCC(NC(C)c1ccc(OC(C)C)cc1)C(C)C. The molecule has 0 aliphatic rings. The third-order valence-corrected chi connectivity index (χ3v) is 3.37. The van der Waals surface area contributed by atoms with Gasteiger partial charge in [-0.25, -0.2) is 0 Å². The third-order valence-electron chi connectivity index (χ3n) is 3.37. The van der Waals surface area contributed by atoms with E-state index in [0.717, 1.165) is 12.4 Å². The molecule has 0 aromatic heterocycles. The zero-order chi connectivity index (χ0) is 15.1. The van der Waals surface area contributed by atoms with Gasteiger partial charge in [0.15, 0.2) is 0 Å². The highest BCUT2D eigenvalue weighted by atomic mass is 16.5. The zero-order valence-electron chi connectivity index (χ0n) is 13.6. The maximum atomic E-state index is 5.67. The van der Waals surface area contributed by atoms with E-state index in [-0.39, 0.29) is 6.10 Å². The number of rotatable bonds is 8. The van der Waals surface area contributed by atoms with Crippen LogP contribution in [0.4, 0.5) is 0 Å². The summed E-state index contributed by atoms with van der Waals surface area (Å²) in [6, 6.07) is 8.98. The van der Waals surface area contributed by atoms with Gasteiger partial charge in [0.05, 0.1) is 12.7 Å². The molecule has 0 aliphatic carbocycles. The molecule has 1 rings (SSSR count). The largest absolute Gasteiger partial charge is 0.491 e. The molecule has 1 aromatic rings. The van der Waals surface area contributed by atoms with Gasteiger partial charge in [-0.3, -0.25) is 0 Å². The van der Waals surface area contributed by atoms with E-state index in [1.54, 1.807) is 7.11 Å². The van der Waals surface area contributed by atoms with Crippen molar-refractivity contribution in [2.45, 2.75) is 52.8 Å². The number of hydrogen-bond donors (Lipinski definition) is 1. The van der Waals surface area contributed by atoms with Crippen molar-refractivity contribution < 1.29 is 9.47 Å². The first-order valence-electron chi connectivity index (χ1n) is 7.45. The van der Waals surface area contributed by atoms with Crippen molar-refractivity contribution in [2.75, 3.05) is 13.7 Å². The van der Waals surface area contributed by atoms with Crippen LogP contribution < -0.4 is 10.1 Å². The van der Waals surface area contributed by atoms with Crippen LogP contribution in [0, 0.1) is 5.92 Å². The summed E-state index contributed by atoms with van der Waals surface area (Å²) in [7, 11) is 1.75. The van der Waals surface area contributed by atoms with E-state index in [9.17, 15) is 0 Å². The Hall–Kier alpha value is -1.06. The average molecular weight is 279 g/mol. The van der Waals surface area contributed by atoms with Crippen molar-refractivity contribution in [3.63, 3.8) is 0 Å². The predicted molar refractivity (Wildman–Crippen MR) is 84.3 cm³/mol. The van der Waals surface area contributed by atoms with Crippen molar-refractivity contribution in [1.29, 1.82) is 0 Å². The van der Waals surface area contributed by atoms with Gasteiger partial charge in [-0.05, 0) is 44.4 Å². The van der Waals surface area contributed by atoms with Crippen LogP contribution in [0.1, 0.15) is 46.2 Å². The summed E-state index contributed by atoms with van der Waals surface area (Å²) in [5.41, 5.74) is 1.27. The van der Waals surface area contributed by atoms with Crippen LogP contribution in [-0.2, 0) is 4.74 Å². The van der Waals surface area contributed by atoms with E-state index in [4.69, 9.17) is 9.47 Å². The Kier molecular flexibility index (Phi) is 7.03. The van der Waals surface area contributed by atoms with Crippen molar-refractivity contribution >= 4 is 0 Å². The molecular formula is C17H29NO2. The minimum absolute atomic E-state index is 0.212. The highest BCUT2D eigenvalue weighted by molar-refractivity contribution is 5.29. The average Bonchev–Trinajstić information content (AvgIpc) is 2.38. The second-order valence-electron chi connectivity index (χ2n) is 5.93. The number of hydrogen-bond acceptors (Lipinski definition) is 3. The highest BCUT2D eigenvalue weighted by Crippen LogP contribution is 2.20. The molecule has 114 valence electrons. The van der Waals surface area contributed by atoms with E-state index >= 15 is 0 Å². The fourth-order valence-corrected chi connectivity index (χ4v) is 2.14. The molecule has 0 bridgehead atoms. The first kappa shape index (κ1) is 17.0. The Labute approximate surface area is 123 Å². The maximum Gasteiger partial charge on any atom is 0.119 e. The van der Waals surface area contributed by atoms with Gasteiger partial charge < -0.3 is 14.8 Å². The molecule has 3 nitrogen and oxygen atoms in total. The first-order chi connectivity index (χ1) is 9.43. The monoisotopic (exact) mass is 279 g/mol. The summed E-state index contributed by atoms with van der Waals surface area (Å²) >= 11 is 0. The topological polar surface area (TPSA) is 30.5 Å². The number of benzene rings is 1. The lowest BCUT2D eigenvalue weighted by molar-refractivity contribution is 0.141. The Morgan fingerprint density at radius 3 is 2.05 bits per heavy atom. The summed E-state index contributed by atoms with van der Waals surface area (Å²) in [5.74, 6) is 1.47. The van der Waals surface area contributed by atoms with E-state index < -0.39 is 0 Å². The summed E-state index contributed by atoms with van der Waals surface area (Å²) < 4.78 is 10.9.